The maximum Gasteiger partial charge on any atom is 0.337 e. The van der Waals surface area contributed by atoms with E-state index >= 15 is 0 Å². The van der Waals surface area contributed by atoms with Crippen LogP contribution in [0.25, 0.3) is 33.6 Å². The van der Waals surface area contributed by atoms with E-state index in [1.165, 1.54) is 7.11 Å². The van der Waals surface area contributed by atoms with Gasteiger partial charge in [0.15, 0.2) is 5.76 Å². The molecule has 2 aromatic carbocycles. The zero-order chi connectivity index (χ0) is 17.2. The van der Waals surface area contributed by atoms with E-state index in [-0.39, 0.29) is 5.97 Å². The molecule has 2 heterocycles. The summed E-state index contributed by atoms with van der Waals surface area (Å²) in [7, 11) is 1.36. The Morgan fingerprint density at radius 2 is 1.76 bits per heavy atom. The molecule has 2 aromatic heterocycles. The van der Waals surface area contributed by atoms with Gasteiger partial charge in [-0.1, -0.05) is 41.6 Å². The van der Waals surface area contributed by atoms with Crippen LogP contribution >= 0.6 is 0 Å². The standard InChI is InChI=1S/C20H14N2O3/c1-24-20(23)15-8-6-14(7-9-15)18-12-19(25-22-18)17-11-10-13-4-2-3-5-16(13)21-17/h2-12H,1H3. The lowest BCUT2D eigenvalue weighted by atomic mass is 10.1. The Labute approximate surface area is 143 Å². The third-order valence-electron chi connectivity index (χ3n) is 3.96. The molecule has 4 rings (SSSR count). The van der Waals surface area contributed by atoms with Crippen molar-refractivity contribution in [2.24, 2.45) is 0 Å². The number of hydrogen-bond donors (Lipinski definition) is 0. The van der Waals surface area contributed by atoms with Gasteiger partial charge in [0.25, 0.3) is 0 Å². The SMILES string of the molecule is COC(=O)c1ccc(-c2cc(-c3ccc4ccccc4n3)on2)cc1. The summed E-state index contributed by atoms with van der Waals surface area (Å²) < 4.78 is 10.1. The van der Waals surface area contributed by atoms with Gasteiger partial charge in [-0.15, -0.1) is 0 Å². The largest absolute Gasteiger partial charge is 0.465 e. The summed E-state index contributed by atoms with van der Waals surface area (Å²) in [5.74, 6) is 0.227. The van der Waals surface area contributed by atoms with Gasteiger partial charge in [-0.05, 0) is 24.3 Å². The molecule has 5 heteroatoms. The average Bonchev–Trinajstić information content (AvgIpc) is 3.17. The number of methoxy groups -OCH3 is 1. The topological polar surface area (TPSA) is 65.2 Å². The predicted octanol–water partition coefficient (Wildman–Crippen LogP) is 4.34. The Kier molecular flexibility index (Phi) is 3.74. The molecule has 0 aliphatic rings. The van der Waals surface area contributed by atoms with Gasteiger partial charge in [-0.2, -0.15) is 0 Å². The quantitative estimate of drug-likeness (QED) is 0.523. The summed E-state index contributed by atoms with van der Waals surface area (Å²) in [6, 6.07) is 20.7. The van der Waals surface area contributed by atoms with Crippen molar-refractivity contribution in [3.63, 3.8) is 0 Å². The number of para-hydroxylation sites is 1. The Morgan fingerprint density at radius 3 is 2.56 bits per heavy atom. The first-order valence-electron chi connectivity index (χ1n) is 7.76. The smallest absolute Gasteiger partial charge is 0.337 e. The van der Waals surface area contributed by atoms with E-state index in [0.717, 1.165) is 22.2 Å². The molecule has 0 N–H and O–H groups in total. The van der Waals surface area contributed by atoms with Gasteiger partial charge in [0, 0.05) is 17.0 Å². The highest BCUT2D eigenvalue weighted by Gasteiger charge is 2.11. The molecule has 5 nitrogen and oxygen atoms in total. The second-order valence-corrected chi connectivity index (χ2v) is 5.53. The number of hydrogen-bond acceptors (Lipinski definition) is 5. The van der Waals surface area contributed by atoms with E-state index in [1.54, 1.807) is 12.1 Å². The van der Waals surface area contributed by atoms with Gasteiger partial charge < -0.3 is 9.26 Å². The van der Waals surface area contributed by atoms with Crippen molar-refractivity contribution in [3.8, 4) is 22.7 Å². The molecule has 0 spiro atoms. The Bertz CT molecular complexity index is 1050. The average molecular weight is 330 g/mol. The monoisotopic (exact) mass is 330 g/mol. The summed E-state index contributed by atoms with van der Waals surface area (Å²) >= 11 is 0. The highest BCUT2D eigenvalue weighted by molar-refractivity contribution is 5.90. The van der Waals surface area contributed by atoms with Crippen molar-refractivity contribution in [2.75, 3.05) is 7.11 Å². The summed E-state index contributed by atoms with van der Waals surface area (Å²) in [6.07, 6.45) is 0. The van der Waals surface area contributed by atoms with Crippen LogP contribution in [0.15, 0.2) is 71.3 Å². The summed E-state index contributed by atoms with van der Waals surface area (Å²) in [6.45, 7) is 0. The molecule has 0 aliphatic heterocycles. The van der Waals surface area contributed by atoms with Crippen LogP contribution < -0.4 is 0 Å². The molecule has 0 aliphatic carbocycles. The van der Waals surface area contributed by atoms with Gasteiger partial charge in [0.1, 0.15) is 11.4 Å². The van der Waals surface area contributed by atoms with Gasteiger partial charge in [-0.3, -0.25) is 0 Å². The number of nitrogens with zero attached hydrogens (tertiary/aromatic N) is 2. The molecule has 122 valence electrons. The molecule has 0 bridgehead atoms. The molecule has 0 amide bonds. The minimum absolute atomic E-state index is 0.368. The number of carbonyl (C=O) groups excluding carboxylic acids is 1. The van der Waals surface area contributed by atoms with Crippen molar-refractivity contribution < 1.29 is 14.1 Å². The number of benzene rings is 2. The maximum absolute atomic E-state index is 11.5. The Morgan fingerprint density at radius 1 is 0.960 bits per heavy atom. The minimum atomic E-state index is -0.368. The fraction of sp³-hybridized carbons (Fsp3) is 0.0500. The van der Waals surface area contributed by atoms with Crippen molar-refractivity contribution >= 4 is 16.9 Å². The molecular formula is C20H14N2O3. The number of carbonyl (C=O) groups is 1. The molecule has 25 heavy (non-hydrogen) atoms. The highest BCUT2D eigenvalue weighted by atomic mass is 16.5. The lowest BCUT2D eigenvalue weighted by molar-refractivity contribution is 0.0601. The van der Waals surface area contributed by atoms with Gasteiger partial charge in [0.05, 0.1) is 18.2 Å². The first-order valence-corrected chi connectivity index (χ1v) is 7.76. The molecule has 4 aromatic rings. The third kappa shape index (κ3) is 2.87. The van der Waals surface area contributed by atoms with Gasteiger partial charge in [0.2, 0.25) is 0 Å². The fourth-order valence-corrected chi connectivity index (χ4v) is 2.63. The summed E-state index contributed by atoms with van der Waals surface area (Å²) in [5.41, 5.74) is 3.65. The lowest BCUT2D eigenvalue weighted by Gasteiger charge is -2.00. The van der Waals surface area contributed by atoms with Crippen molar-refractivity contribution in [3.05, 3.63) is 72.3 Å². The number of ether oxygens (including phenoxy) is 1. The van der Waals surface area contributed by atoms with Gasteiger partial charge >= 0.3 is 5.97 Å². The first kappa shape index (κ1) is 15.1. The normalized spacial score (nSPS) is 10.8. The van der Waals surface area contributed by atoms with Crippen molar-refractivity contribution in [2.45, 2.75) is 0 Å². The van der Waals surface area contributed by atoms with E-state index in [9.17, 15) is 4.79 Å². The van der Waals surface area contributed by atoms with E-state index < -0.39 is 0 Å². The first-order chi connectivity index (χ1) is 12.2. The molecule has 0 atom stereocenters. The molecule has 0 saturated carbocycles. The second-order valence-electron chi connectivity index (χ2n) is 5.53. The molecular weight excluding hydrogens is 316 g/mol. The molecule has 0 saturated heterocycles. The number of esters is 1. The Balaban J connectivity index is 1.66. The van der Waals surface area contributed by atoms with E-state index in [4.69, 9.17) is 9.26 Å². The van der Waals surface area contributed by atoms with Crippen LogP contribution in [0.2, 0.25) is 0 Å². The minimum Gasteiger partial charge on any atom is -0.465 e. The van der Waals surface area contributed by atoms with Crippen molar-refractivity contribution in [1.29, 1.82) is 0 Å². The van der Waals surface area contributed by atoms with Crippen molar-refractivity contribution in [1.82, 2.24) is 10.1 Å². The Hall–Kier alpha value is -3.47. The number of fused-ring (bicyclic) bond motifs is 1. The van der Waals surface area contributed by atoms with E-state index in [2.05, 4.69) is 10.1 Å². The van der Waals surface area contributed by atoms with Crippen LogP contribution in [0.4, 0.5) is 0 Å². The van der Waals surface area contributed by atoms with Gasteiger partial charge in [-0.25, -0.2) is 9.78 Å². The highest BCUT2D eigenvalue weighted by Crippen LogP contribution is 2.26. The second kappa shape index (κ2) is 6.20. The number of pyridine rings is 1. The van der Waals surface area contributed by atoms with Crippen LogP contribution in [0, 0.1) is 0 Å². The van der Waals surface area contributed by atoms with Crippen LogP contribution in [-0.4, -0.2) is 23.2 Å². The predicted molar refractivity (Wildman–Crippen MR) is 94.0 cm³/mol. The van der Waals surface area contributed by atoms with Crippen LogP contribution in [0.5, 0.6) is 0 Å². The summed E-state index contributed by atoms with van der Waals surface area (Å²) in [5, 5.41) is 5.18. The number of aromatic nitrogens is 2. The van der Waals surface area contributed by atoms with Crippen LogP contribution in [0.3, 0.4) is 0 Å². The molecule has 0 fully saturated rings. The zero-order valence-electron chi connectivity index (χ0n) is 13.5. The summed E-state index contributed by atoms with van der Waals surface area (Å²) in [4.78, 5) is 16.1. The maximum atomic E-state index is 11.5. The van der Waals surface area contributed by atoms with E-state index in [1.807, 2.05) is 54.6 Å². The zero-order valence-corrected chi connectivity index (χ0v) is 13.5. The van der Waals surface area contributed by atoms with Crippen LogP contribution in [-0.2, 0) is 4.74 Å². The molecule has 0 unspecified atom stereocenters. The fourth-order valence-electron chi connectivity index (χ4n) is 2.63. The molecule has 0 radical (unpaired) electrons. The van der Waals surface area contributed by atoms with Crippen LogP contribution in [0.1, 0.15) is 10.4 Å². The number of rotatable bonds is 3. The van der Waals surface area contributed by atoms with E-state index in [0.29, 0.717) is 17.0 Å². The lowest BCUT2D eigenvalue weighted by Crippen LogP contribution is -2.00. The third-order valence-corrected chi connectivity index (χ3v) is 3.96.